The quantitative estimate of drug-likeness (QED) is 0.578. The molecule has 1 rings (SSSR count). The molecule has 0 aromatic heterocycles. The zero-order chi connectivity index (χ0) is 9.68. The van der Waals surface area contributed by atoms with Gasteiger partial charge in [0.1, 0.15) is 5.75 Å². The first-order valence-electron chi connectivity index (χ1n) is 3.42. The van der Waals surface area contributed by atoms with Crippen molar-refractivity contribution in [1.82, 2.24) is 0 Å². The summed E-state index contributed by atoms with van der Waals surface area (Å²) in [6.07, 6.45) is 1.71. The molecule has 13 heavy (non-hydrogen) atoms. The second kappa shape index (κ2) is 4.26. The Morgan fingerprint density at radius 3 is 2.38 bits per heavy atom. The Hall–Kier alpha value is -1.83. The molecule has 0 aliphatic rings. The van der Waals surface area contributed by atoms with Crippen LogP contribution in [0.25, 0.3) is 0 Å². The molecule has 0 saturated carbocycles. The Kier molecular flexibility index (Phi) is 3.03. The molecule has 0 saturated heterocycles. The van der Waals surface area contributed by atoms with Crippen molar-refractivity contribution < 1.29 is 13.5 Å². The SMILES string of the molecule is N#CNc1ccc(OC(F)F)cc1. The van der Waals surface area contributed by atoms with Gasteiger partial charge in [0.15, 0.2) is 6.19 Å². The summed E-state index contributed by atoms with van der Waals surface area (Å²) in [5, 5.41) is 10.6. The third kappa shape index (κ3) is 2.95. The Balaban J connectivity index is 2.65. The zero-order valence-electron chi connectivity index (χ0n) is 6.50. The minimum absolute atomic E-state index is 0.0680. The van der Waals surface area contributed by atoms with E-state index in [1.807, 2.05) is 0 Å². The van der Waals surface area contributed by atoms with Gasteiger partial charge >= 0.3 is 6.61 Å². The van der Waals surface area contributed by atoms with E-state index in [-0.39, 0.29) is 5.75 Å². The molecule has 3 nitrogen and oxygen atoms in total. The number of rotatable bonds is 3. The summed E-state index contributed by atoms with van der Waals surface area (Å²) in [7, 11) is 0. The third-order valence-electron chi connectivity index (χ3n) is 1.28. The molecule has 0 heterocycles. The summed E-state index contributed by atoms with van der Waals surface area (Å²) in [6, 6.07) is 5.65. The van der Waals surface area contributed by atoms with E-state index >= 15 is 0 Å². The van der Waals surface area contributed by atoms with Crippen molar-refractivity contribution >= 4 is 5.69 Å². The molecule has 0 unspecified atom stereocenters. The molecule has 0 atom stereocenters. The minimum atomic E-state index is -2.82. The topological polar surface area (TPSA) is 45.0 Å². The van der Waals surface area contributed by atoms with Crippen molar-refractivity contribution in [3.05, 3.63) is 24.3 Å². The van der Waals surface area contributed by atoms with Crippen molar-refractivity contribution in [2.24, 2.45) is 0 Å². The fourth-order valence-corrected chi connectivity index (χ4v) is 0.784. The lowest BCUT2D eigenvalue weighted by Gasteiger charge is -2.04. The van der Waals surface area contributed by atoms with E-state index < -0.39 is 6.61 Å². The highest BCUT2D eigenvalue weighted by atomic mass is 19.3. The first-order valence-corrected chi connectivity index (χ1v) is 3.42. The van der Waals surface area contributed by atoms with Gasteiger partial charge in [0.25, 0.3) is 0 Å². The van der Waals surface area contributed by atoms with Gasteiger partial charge in [0.2, 0.25) is 0 Å². The molecule has 0 spiro atoms. The predicted molar refractivity (Wildman–Crippen MR) is 42.3 cm³/mol. The lowest BCUT2D eigenvalue weighted by Crippen LogP contribution is -2.01. The van der Waals surface area contributed by atoms with Gasteiger partial charge in [-0.15, -0.1) is 0 Å². The average molecular weight is 184 g/mol. The smallest absolute Gasteiger partial charge is 0.387 e. The van der Waals surface area contributed by atoms with Gasteiger partial charge in [-0.3, -0.25) is 5.32 Å². The van der Waals surface area contributed by atoms with Crippen molar-refractivity contribution in [3.63, 3.8) is 0 Å². The highest BCUT2D eigenvalue weighted by molar-refractivity contribution is 5.48. The summed E-state index contributed by atoms with van der Waals surface area (Å²) in [6.45, 7) is -2.82. The summed E-state index contributed by atoms with van der Waals surface area (Å²) in [5.74, 6) is 0.0680. The van der Waals surface area contributed by atoms with Gasteiger partial charge in [0, 0.05) is 5.69 Å². The second-order valence-corrected chi connectivity index (χ2v) is 2.14. The van der Waals surface area contributed by atoms with Gasteiger partial charge in [-0.2, -0.15) is 14.0 Å². The highest BCUT2D eigenvalue weighted by Crippen LogP contribution is 2.17. The van der Waals surface area contributed by atoms with E-state index in [1.54, 1.807) is 6.19 Å². The van der Waals surface area contributed by atoms with E-state index in [1.165, 1.54) is 24.3 Å². The Labute approximate surface area is 73.5 Å². The fraction of sp³-hybridized carbons (Fsp3) is 0.125. The molecule has 5 heteroatoms. The number of halogens is 2. The van der Waals surface area contributed by atoms with Crippen LogP contribution in [-0.2, 0) is 0 Å². The maximum Gasteiger partial charge on any atom is 0.387 e. The normalized spacial score (nSPS) is 9.38. The van der Waals surface area contributed by atoms with Crippen LogP contribution in [0.1, 0.15) is 0 Å². The summed E-state index contributed by atoms with van der Waals surface area (Å²) >= 11 is 0. The molecule has 0 aliphatic heterocycles. The van der Waals surface area contributed by atoms with Crippen LogP contribution >= 0.6 is 0 Å². The van der Waals surface area contributed by atoms with Crippen LogP contribution in [0.3, 0.4) is 0 Å². The van der Waals surface area contributed by atoms with E-state index in [4.69, 9.17) is 5.26 Å². The summed E-state index contributed by atoms with van der Waals surface area (Å²) in [5.41, 5.74) is 0.532. The molecule has 0 fully saturated rings. The van der Waals surface area contributed by atoms with Crippen molar-refractivity contribution in [2.75, 3.05) is 5.32 Å². The lowest BCUT2D eigenvalue weighted by atomic mass is 10.3. The van der Waals surface area contributed by atoms with Gasteiger partial charge in [-0.25, -0.2) is 0 Å². The summed E-state index contributed by atoms with van der Waals surface area (Å²) in [4.78, 5) is 0. The van der Waals surface area contributed by atoms with Crippen LogP contribution in [0.4, 0.5) is 14.5 Å². The van der Waals surface area contributed by atoms with E-state index in [0.717, 1.165) is 0 Å². The standard InChI is InChI=1S/C8H6F2N2O/c9-8(10)13-7-3-1-6(2-4-7)12-5-11/h1-4,8,12H. The van der Waals surface area contributed by atoms with Crippen LogP contribution in [0.5, 0.6) is 5.75 Å². The molecule has 0 aliphatic carbocycles. The number of nitrogens with one attached hydrogen (secondary N) is 1. The molecule has 0 amide bonds. The first kappa shape index (κ1) is 9.26. The highest BCUT2D eigenvalue weighted by Gasteiger charge is 2.02. The molecule has 0 bridgehead atoms. The molecular formula is C8H6F2N2O. The Bertz CT molecular complexity index is 305. The van der Waals surface area contributed by atoms with Gasteiger partial charge in [-0.1, -0.05) is 0 Å². The number of nitrogens with zero attached hydrogens (tertiary/aromatic N) is 1. The molecule has 68 valence electrons. The number of hydrogen-bond donors (Lipinski definition) is 1. The lowest BCUT2D eigenvalue weighted by molar-refractivity contribution is -0.0498. The fourth-order valence-electron chi connectivity index (χ4n) is 0.784. The second-order valence-electron chi connectivity index (χ2n) is 2.14. The monoisotopic (exact) mass is 184 g/mol. The van der Waals surface area contributed by atoms with E-state index in [2.05, 4.69) is 10.1 Å². The number of benzene rings is 1. The van der Waals surface area contributed by atoms with Gasteiger partial charge < -0.3 is 4.74 Å². The Morgan fingerprint density at radius 2 is 1.92 bits per heavy atom. The number of anilines is 1. The van der Waals surface area contributed by atoms with Crippen LogP contribution in [0.15, 0.2) is 24.3 Å². The van der Waals surface area contributed by atoms with Crippen LogP contribution in [0, 0.1) is 11.5 Å². The molecule has 0 radical (unpaired) electrons. The maximum absolute atomic E-state index is 11.7. The number of alkyl halides is 2. The van der Waals surface area contributed by atoms with Crippen molar-refractivity contribution in [3.8, 4) is 11.9 Å². The number of nitriles is 1. The van der Waals surface area contributed by atoms with Crippen LogP contribution in [0.2, 0.25) is 0 Å². The third-order valence-corrected chi connectivity index (χ3v) is 1.28. The maximum atomic E-state index is 11.7. The first-order chi connectivity index (χ1) is 6.22. The minimum Gasteiger partial charge on any atom is -0.435 e. The summed E-state index contributed by atoms with van der Waals surface area (Å²) < 4.78 is 27.5. The van der Waals surface area contributed by atoms with Gasteiger partial charge in [0.05, 0.1) is 0 Å². The molecular weight excluding hydrogens is 178 g/mol. The molecule has 1 aromatic rings. The zero-order valence-corrected chi connectivity index (χ0v) is 6.50. The van der Waals surface area contributed by atoms with Crippen molar-refractivity contribution in [1.29, 1.82) is 5.26 Å². The molecule has 1 N–H and O–H groups in total. The van der Waals surface area contributed by atoms with Crippen LogP contribution < -0.4 is 10.1 Å². The van der Waals surface area contributed by atoms with Crippen LogP contribution in [-0.4, -0.2) is 6.61 Å². The molecule has 1 aromatic carbocycles. The number of hydrogen-bond acceptors (Lipinski definition) is 3. The van der Waals surface area contributed by atoms with E-state index in [0.29, 0.717) is 5.69 Å². The predicted octanol–water partition coefficient (Wildman–Crippen LogP) is 2.18. The Morgan fingerprint density at radius 1 is 1.31 bits per heavy atom. The largest absolute Gasteiger partial charge is 0.435 e. The number of ether oxygens (including phenoxy) is 1. The van der Waals surface area contributed by atoms with E-state index in [9.17, 15) is 8.78 Å². The average Bonchev–Trinajstić information content (AvgIpc) is 2.08. The van der Waals surface area contributed by atoms with Gasteiger partial charge in [-0.05, 0) is 24.3 Å². The van der Waals surface area contributed by atoms with Crippen molar-refractivity contribution in [2.45, 2.75) is 6.61 Å².